The number of hydrogen-bond donors (Lipinski definition) is 0. The van der Waals surface area contributed by atoms with Gasteiger partial charge < -0.3 is 0 Å². The summed E-state index contributed by atoms with van der Waals surface area (Å²) in [5, 5.41) is 3.72. The largest absolute Gasteiger partial charge is 0.256 e. The first-order valence-corrected chi connectivity index (χ1v) is 1.68. The summed E-state index contributed by atoms with van der Waals surface area (Å²) in [6.45, 7) is 0. The minimum Gasteiger partial charge on any atom is -0.256 e. The number of aryl methyl sites for hydroxylation is 1. The van der Waals surface area contributed by atoms with E-state index in [1.807, 2.05) is 7.05 Å². The maximum absolute atomic E-state index is 3.72. The van der Waals surface area contributed by atoms with Crippen molar-refractivity contribution in [2.45, 2.75) is 0 Å². The third kappa shape index (κ3) is 0.381. The second kappa shape index (κ2) is 1.08. The summed E-state index contributed by atoms with van der Waals surface area (Å²) in [6.07, 6.45) is 3.14. The molecule has 0 spiro atoms. The maximum atomic E-state index is 3.72. The average molecular weight is 83.1 g/mol. The van der Waals surface area contributed by atoms with E-state index in [1.165, 1.54) is 6.33 Å². The van der Waals surface area contributed by atoms with Gasteiger partial charge in [-0.3, -0.25) is 4.68 Å². The summed E-state index contributed by atoms with van der Waals surface area (Å²) in [6, 6.07) is 0. The molecule has 0 atom stereocenters. The molecule has 3 nitrogen and oxygen atoms in total. The fourth-order valence-corrected chi connectivity index (χ4v) is 0.267. The van der Waals surface area contributed by atoms with Gasteiger partial charge in [-0.15, -0.1) is 0 Å². The topological polar surface area (TPSA) is 30.7 Å². The fraction of sp³-hybridized carbons (Fsp3) is 0.333. The Morgan fingerprint density at radius 2 is 2.50 bits per heavy atom. The lowest BCUT2D eigenvalue weighted by Gasteiger charge is -1.74. The SMILES string of the molecule is Cn1cncn1. The van der Waals surface area contributed by atoms with Crippen molar-refractivity contribution in [3.05, 3.63) is 12.7 Å². The van der Waals surface area contributed by atoms with Gasteiger partial charge in [0, 0.05) is 7.05 Å². The van der Waals surface area contributed by atoms with Gasteiger partial charge in [-0.1, -0.05) is 0 Å². The molecule has 0 bridgehead atoms. The first-order chi connectivity index (χ1) is 2.89. The Bertz CT molecular complexity index is 110. The zero-order chi connectivity index (χ0) is 4.41. The molecular weight excluding hydrogens is 78.1 g/mol. The number of rotatable bonds is 0. The molecule has 0 fully saturated rings. The van der Waals surface area contributed by atoms with E-state index in [9.17, 15) is 0 Å². The Balaban J connectivity index is 3.05. The molecule has 0 unspecified atom stereocenters. The molecule has 3 heteroatoms. The van der Waals surface area contributed by atoms with E-state index in [0.29, 0.717) is 0 Å². The molecule has 32 valence electrons. The molecule has 1 rings (SSSR count). The molecule has 1 heterocycles. The van der Waals surface area contributed by atoms with Crippen molar-refractivity contribution in [3.63, 3.8) is 0 Å². The van der Waals surface area contributed by atoms with Gasteiger partial charge in [0.1, 0.15) is 12.7 Å². The van der Waals surface area contributed by atoms with Crippen LogP contribution >= 0.6 is 0 Å². The van der Waals surface area contributed by atoms with Crippen LogP contribution in [-0.2, 0) is 7.05 Å². The van der Waals surface area contributed by atoms with Crippen molar-refractivity contribution in [2.24, 2.45) is 7.05 Å². The maximum Gasteiger partial charge on any atom is 0.137 e. The van der Waals surface area contributed by atoms with E-state index >= 15 is 0 Å². The second-order valence-electron chi connectivity index (χ2n) is 1.07. The molecule has 0 N–H and O–H groups in total. The number of nitrogens with zero attached hydrogens (tertiary/aromatic N) is 3. The lowest BCUT2D eigenvalue weighted by Crippen LogP contribution is -1.83. The molecule has 0 amide bonds. The van der Waals surface area contributed by atoms with Gasteiger partial charge >= 0.3 is 0 Å². The highest BCUT2D eigenvalue weighted by Gasteiger charge is 1.70. The highest BCUT2D eigenvalue weighted by molar-refractivity contribution is 4.49. The standard InChI is InChI=1S/C3H5N3/c1-6-3-4-2-5-6/h2-3H,1H3. The van der Waals surface area contributed by atoms with E-state index in [2.05, 4.69) is 10.1 Å². The van der Waals surface area contributed by atoms with E-state index < -0.39 is 0 Å². The Labute approximate surface area is 35.6 Å². The molecule has 1 aromatic heterocycles. The zero-order valence-corrected chi connectivity index (χ0v) is 3.50. The van der Waals surface area contributed by atoms with Crippen LogP contribution in [0.3, 0.4) is 0 Å². The van der Waals surface area contributed by atoms with Crippen LogP contribution in [0.4, 0.5) is 0 Å². The Morgan fingerprint density at radius 1 is 1.67 bits per heavy atom. The van der Waals surface area contributed by atoms with Crippen LogP contribution < -0.4 is 0 Å². The molecular formula is C3H5N3. The van der Waals surface area contributed by atoms with Crippen molar-refractivity contribution in [2.75, 3.05) is 0 Å². The van der Waals surface area contributed by atoms with Gasteiger partial charge in [0.05, 0.1) is 0 Å². The third-order valence-corrected chi connectivity index (χ3v) is 0.534. The Morgan fingerprint density at radius 3 is 2.67 bits per heavy atom. The predicted molar refractivity (Wildman–Crippen MR) is 21.0 cm³/mol. The summed E-state index contributed by atoms with van der Waals surface area (Å²) >= 11 is 0. The normalized spacial score (nSPS) is 8.83. The first kappa shape index (κ1) is 3.33. The molecule has 0 saturated heterocycles. The van der Waals surface area contributed by atoms with Crippen LogP contribution in [0, 0.1) is 0 Å². The van der Waals surface area contributed by atoms with Gasteiger partial charge in [0.25, 0.3) is 0 Å². The van der Waals surface area contributed by atoms with Crippen molar-refractivity contribution in [1.82, 2.24) is 14.8 Å². The van der Waals surface area contributed by atoms with Crippen molar-refractivity contribution in [1.29, 1.82) is 0 Å². The van der Waals surface area contributed by atoms with E-state index in [1.54, 1.807) is 11.0 Å². The molecule has 0 aliphatic rings. The van der Waals surface area contributed by atoms with Crippen LogP contribution in [0.2, 0.25) is 0 Å². The monoisotopic (exact) mass is 83.0 g/mol. The third-order valence-electron chi connectivity index (χ3n) is 0.534. The molecule has 6 heavy (non-hydrogen) atoms. The van der Waals surface area contributed by atoms with Gasteiger partial charge in [-0.05, 0) is 0 Å². The highest BCUT2D eigenvalue weighted by atomic mass is 15.3. The average Bonchev–Trinajstić information content (AvgIpc) is 1.86. The quantitative estimate of drug-likeness (QED) is 0.435. The Kier molecular flexibility index (Phi) is 0.602. The number of hydrogen-bond acceptors (Lipinski definition) is 2. The van der Waals surface area contributed by atoms with Crippen molar-refractivity contribution < 1.29 is 0 Å². The second-order valence-corrected chi connectivity index (χ2v) is 1.07. The summed E-state index contributed by atoms with van der Waals surface area (Å²) in [7, 11) is 1.83. The van der Waals surface area contributed by atoms with E-state index in [4.69, 9.17) is 0 Å². The van der Waals surface area contributed by atoms with Crippen LogP contribution in [-0.4, -0.2) is 14.8 Å². The van der Waals surface area contributed by atoms with E-state index in [-0.39, 0.29) is 0 Å². The van der Waals surface area contributed by atoms with Crippen LogP contribution in [0.5, 0.6) is 0 Å². The summed E-state index contributed by atoms with van der Waals surface area (Å²) < 4.78 is 1.64. The molecule has 0 aromatic carbocycles. The lowest BCUT2D eigenvalue weighted by molar-refractivity contribution is 0.765. The summed E-state index contributed by atoms with van der Waals surface area (Å²) in [5.74, 6) is 0. The predicted octanol–water partition coefficient (Wildman–Crippen LogP) is -0.185. The van der Waals surface area contributed by atoms with Gasteiger partial charge in [0.2, 0.25) is 0 Å². The zero-order valence-electron chi connectivity index (χ0n) is 3.50. The van der Waals surface area contributed by atoms with Crippen LogP contribution in [0.1, 0.15) is 0 Å². The van der Waals surface area contributed by atoms with Gasteiger partial charge in [0.15, 0.2) is 0 Å². The molecule has 0 radical (unpaired) electrons. The minimum absolute atomic E-state index is 1.50. The van der Waals surface area contributed by atoms with Crippen molar-refractivity contribution >= 4 is 0 Å². The smallest absolute Gasteiger partial charge is 0.137 e. The van der Waals surface area contributed by atoms with E-state index in [0.717, 1.165) is 0 Å². The first-order valence-electron chi connectivity index (χ1n) is 1.68. The molecule has 0 saturated carbocycles. The summed E-state index contributed by atoms with van der Waals surface area (Å²) in [4.78, 5) is 3.67. The van der Waals surface area contributed by atoms with Crippen LogP contribution in [0.25, 0.3) is 0 Å². The van der Waals surface area contributed by atoms with Gasteiger partial charge in [-0.2, -0.15) is 5.10 Å². The fourth-order valence-electron chi connectivity index (χ4n) is 0.267. The lowest BCUT2D eigenvalue weighted by atomic mass is 11.2. The highest BCUT2D eigenvalue weighted by Crippen LogP contribution is 1.64. The Hall–Kier alpha value is -0.860. The molecule has 1 aromatic rings. The minimum atomic E-state index is 1.50. The molecule has 0 aliphatic carbocycles. The van der Waals surface area contributed by atoms with Gasteiger partial charge in [-0.25, -0.2) is 4.98 Å². The number of aromatic nitrogens is 3. The van der Waals surface area contributed by atoms with Crippen molar-refractivity contribution in [3.8, 4) is 0 Å². The van der Waals surface area contributed by atoms with Crippen LogP contribution in [0.15, 0.2) is 12.7 Å². The summed E-state index contributed by atoms with van der Waals surface area (Å²) in [5.41, 5.74) is 0. The molecule has 0 aliphatic heterocycles.